The highest BCUT2D eigenvalue weighted by Crippen LogP contribution is 2.30. The molecule has 0 atom stereocenters. The largest absolute Gasteiger partial charge is 0.437 e. The van der Waals surface area contributed by atoms with E-state index in [4.69, 9.17) is 32.9 Å². The first-order valence-corrected chi connectivity index (χ1v) is 49.0. The molecule has 0 amide bonds. The lowest BCUT2D eigenvalue weighted by Crippen LogP contribution is -2.67. The number of nitriles is 2. The van der Waals surface area contributed by atoms with E-state index in [0.717, 1.165) is 21.5 Å². The summed E-state index contributed by atoms with van der Waals surface area (Å²) in [5.41, 5.74) is 2.51. The lowest BCUT2D eigenvalue weighted by molar-refractivity contribution is 0.297. The molecule has 0 aliphatic rings. The van der Waals surface area contributed by atoms with E-state index >= 15 is 0 Å². The summed E-state index contributed by atoms with van der Waals surface area (Å²) in [4.78, 5) is 0. The van der Waals surface area contributed by atoms with Crippen LogP contribution in [0.5, 0.6) is 0 Å². The molecule has 2 rings (SSSR count). The van der Waals surface area contributed by atoms with Crippen LogP contribution in [0.4, 0.5) is 0 Å². The monoisotopic (exact) mass is 940 g/mol. The van der Waals surface area contributed by atoms with E-state index in [9.17, 15) is 10.5 Å². The summed E-state index contributed by atoms with van der Waals surface area (Å²) in [5, 5.41) is 21.7. The summed E-state index contributed by atoms with van der Waals surface area (Å²) < 4.78 is 55.0. The van der Waals surface area contributed by atoms with E-state index in [-0.39, 0.29) is 0 Å². The molecule has 0 aromatic heterocycles. The number of nitrogens with zero attached hydrogens (tertiary/aromatic N) is 2. The van der Waals surface area contributed by atoms with Crippen molar-refractivity contribution in [3.8, 4) is 23.3 Å². The molecule has 0 unspecified atom stereocenters. The first kappa shape index (κ1) is 51.4. The van der Waals surface area contributed by atoms with Crippen LogP contribution in [0.3, 0.4) is 0 Å². The molecule has 10 nitrogen and oxygen atoms in total. The lowest BCUT2D eigenvalue weighted by Gasteiger charge is -2.44. The van der Waals surface area contributed by atoms with Crippen molar-refractivity contribution < 1.29 is 32.9 Å². The van der Waals surface area contributed by atoms with Crippen LogP contribution < -0.4 is 10.4 Å². The third kappa shape index (κ3) is 16.7. The van der Waals surface area contributed by atoms with Crippen LogP contribution in [-0.2, 0) is 32.9 Å². The number of hydrogen-bond acceptors (Lipinski definition) is 10. The summed E-state index contributed by atoms with van der Waals surface area (Å²) >= 11 is 0. The highest BCUT2D eigenvalue weighted by Gasteiger charge is 2.49. The molecule has 314 valence electrons. The second-order valence-electron chi connectivity index (χ2n) is 20.2. The van der Waals surface area contributed by atoms with Crippen LogP contribution in [0.15, 0.2) is 36.4 Å². The summed E-state index contributed by atoms with van der Waals surface area (Å²) in [6.45, 7) is 47.4. The molecule has 2 aromatic carbocycles. The molecule has 20 heteroatoms. The van der Waals surface area contributed by atoms with E-state index in [0.29, 0.717) is 11.1 Å². The average molecular weight is 942 g/mol. The third-order valence-electron chi connectivity index (χ3n) is 7.98. The molecule has 0 aliphatic heterocycles. The number of benzene rings is 2. The summed E-state index contributed by atoms with van der Waals surface area (Å²) in [6.07, 6.45) is 0. The molecule has 0 bridgehead atoms. The normalized spacial score (nSPS) is 14.4. The number of hydrogen-bond donors (Lipinski definition) is 0. The fraction of sp³-hybridized carbons (Fsp3) is 0.611. The molecule has 0 aliphatic carbocycles. The van der Waals surface area contributed by atoms with Gasteiger partial charge in [-0.3, -0.25) is 0 Å². The van der Waals surface area contributed by atoms with Gasteiger partial charge in [0.2, 0.25) is 16.6 Å². The second-order valence-corrected chi connectivity index (χ2v) is 59.1. The van der Waals surface area contributed by atoms with Gasteiger partial charge in [0.05, 0.1) is 11.1 Å². The first-order chi connectivity index (χ1) is 24.7. The molecular formula is C36H72N2O8Si10. The Balaban J connectivity index is 2.65. The van der Waals surface area contributed by atoms with Gasteiger partial charge < -0.3 is 32.9 Å². The van der Waals surface area contributed by atoms with Gasteiger partial charge >= 0.3 is 51.4 Å². The van der Waals surface area contributed by atoms with Gasteiger partial charge in [-0.15, -0.1) is 0 Å². The minimum atomic E-state index is -2.80. The van der Waals surface area contributed by atoms with Crippen molar-refractivity contribution in [1.29, 1.82) is 10.5 Å². The second kappa shape index (κ2) is 17.7. The number of rotatable bonds is 19. The molecule has 0 fully saturated rings. The molecule has 0 N–H and O–H groups in total. The molecule has 0 heterocycles. The summed E-state index contributed by atoms with van der Waals surface area (Å²) in [5.74, 6) is 0. The Morgan fingerprint density at radius 3 is 1.00 bits per heavy atom. The molecular weight excluding hydrogens is 869 g/mol. The molecule has 0 saturated carbocycles. The predicted octanol–water partition coefficient (Wildman–Crippen LogP) is 9.93. The zero-order chi connectivity index (χ0) is 43.8. The van der Waals surface area contributed by atoms with Crippen LogP contribution in [0.1, 0.15) is 11.1 Å². The Labute approximate surface area is 351 Å². The highest BCUT2D eigenvalue weighted by molar-refractivity contribution is 7.00. The van der Waals surface area contributed by atoms with E-state index in [2.05, 4.69) is 174 Å². The smallest absolute Gasteiger partial charge is 0.314 e. The van der Waals surface area contributed by atoms with Crippen LogP contribution >= 0.6 is 0 Å². The summed E-state index contributed by atoms with van der Waals surface area (Å²) in [7, 11) is -24.9. The van der Waals surface area contributed by atoms with Crippen molar-refractivity contribution in [3.63, 3.8) is 0 Å². The zero-order valence-electron chi connectivity index (χ0n) is 38.6. The van der Waals surface area contributed by atoms with Crippen molar-refractivity contribution in [2.75, 3.05) is 0 Å². The van der Waals surface area contributed by atoms with Crippen LogP contribution in [-0.4, -0.2) is 84.6 Å². The molecule has 56 heavy (non-hydrogen) atoms. The topological polar surface area (TPSA) is 121 Å². The maximum Gasteiger partial charge on any atom is 0.314 e. The van der Waals surface area contributed by atoms with Crippen molar-refractivity contribution in [2.24, 2.45) is 0 Å². The maximum atomic E-state index is 9.84. The standard InChI is InChI=1S/C36H72N2O8Si10/c1-47(2,3)39-51(11,12)43-55(19,20)45-53(15,16)41-49(7,8)35-26-25-32(31-23-24-33(29-37)34(27-31)30-38)28-36(35)50(9,10)42-54(17,18)46-56(21,22)44-52(13,14)40-48(4,5)6/h23-28H,1-22H3. The van der Waals surface area contributed by atoms with Crippen LogP contribution in [0.2, 0.25) is 144 Å². The third-order valence-corrected chi connectivity index (χ3v) is 44.3. The molecule has 2 aromatic rings. The van der Waals surface area contributed by atoms with Gasteiger partial charge in [0, 0.05) is 0 Å². The van der Waals surface area contributed by atoms with Gasteiger partial charge in [-0.2, -0.15) is 10.5 Å². The van der Waals surface area contributed by atoms with Crippen LogP contribution in [0, 0.1) is 22.7 Å². The van der Waals surface area contributed by atoms with Gasteiger partial charge in [0.15, 0.2) is 16.6 Å². The van der Waals surface area contributed by atoms with Gasteiger partial charge in [-0.05, 0) is 178 Å². The van der Waals surface area contributed by atoms with Crippen molar-refractivity contribution >= 4 is 95.0 Å². The van der Waals surface area contributed by atoms with Crippen molar-refractivity contribution in [2.45, 2.75) is 144 Å². The fourth-order valence-electron chi connectivity index (χ4n) is 7.97. The summed E-state index contributed by atoms with van der Waals surface area (Å²) in [6, 6.07) is 16.2. The minimum Gasteiger partial charge on any atom is -0.437 e. The molecule has 0 saturated heterocycles. The van der Waals surface area contributed by atoms with E-state index in [1.165, 1.54) is 0 Å². The Morgan fingerprint density at radius 1 is 0.339 bits per heavy atom. The lowest BCUT2D eigenvalue weighted by atomic mass is 10.0. The van der Waals surface area contributed by atoms with E-state index in [1.807, 2.05) is 6.07 Å². The van der Waals surface area contributed by atoms with Crippen LogP contribution in [0.25, 0.3) is 11.1 Å². The Bertz CT molecular complexity index is 1790. The highest BCUT2D eigenvalue weighted by atomic mass is 28.5. The Morgan fingerprint density at radius 2 is 0.643 bits per heavy atom. The SMILES string of the molecule is C[Si](C)(C)O[Si](C)(C)O[Si](C)(C)O[Si](C)(C)O[Si](C)(C)c1ccc(-c2ccc(C#N)c(C#N)c2)cc1[Si](C)(C)O[Si](C)(C)O[Si](C)(C)O[Si](C)(C)O[Si](C)(C)C. The fourth-order valence-corrected chi connectivity index (χ4v) is 56.9. The quantitative estimate of drug-likeness (QED) is 0.126. The Hall–Kier alpha value is -0.731. The first-order valence-electron chi connectivity index (χ1n) is 19.4. The Kier molecular flexibility index (Phi) is 16.3. The molecule has 0 radical (unpaired) electrons. The van der Waals surface area contributed by atoms with Crippen molar-refractivity contribution in [3.05, 3.63) is 47.5 Å². The zero-order valence-corrected chi connectivity index (χ0v) is 48.6. The van der Waals surface area contributed by atoms with Crippen molar-refractivity contribution in [1.82, 2.24) is 0 Å². The van der Waals surface area contributed by atoms with Gasteiger partial charge in [0.25, 0.3) is 0 Å². The minimum absolute atomic E-state index is 0.348. The average Bonchev–Trinajstić information content (AvgIpc) is 2.89. The van der Waals surface area contributed by atoms with E-state index in [1.54, 1.807) is 12.1 Å². The van der Waals surface area contributed by atoms with Gasteiger partial charge in [0.1, 0.15) is 12.1 Å². The van der Waals surface area contributed by atoms with Gasteiger partial charge in [-0.25, -0.2) is 0 Å². The molecule has 0 spiro atoms. The maximum absolute atomic E-state index is 9.84. The predicted molar refractivity (Wildman–Crippen MR) is 256 cm³/mol. The van der Waals surface area contributed by atoms with E-state index < -0.39 is 84.6 Å². The van der Waals surface area contributed by atoms with Gasteiger partial charge in [-0.1, -0.05) is 24.3 Å².